The number of likely N-dealkylation sites (tertiary alicyclic amines) is 1. The molecule has 2 aromatic rings. The van der Waals surface area contributed by atoms with Crippen molar-refractivity contribution >= 4 is 0 Å². The maximum Gasteiger partial charge on any atom is 0.122 e. The molecule has 3 heteroatoms. The molecule has 0 bridgehead atoms. The Balaban J connectivity index is 1.66. The number of para-hydroxylation sites is 1. The van der Waals surface area contributed by atoms with Crippen LogP contribution in [0.1, 0.15) is 49.8 Å². The third-order valence-corrected chi connectivity index (χ3v) is 4.79. The highest BCUT2D eigenvalue weighted by Crippen LogP contribution is 2.31. The van der Waals surface area contributed by atoms with Crippen LogP contribution in [0.2, 0.25) is 0 Å². The van der Waals surface area contributed by atoms with Gasteiger partial charge in [0.05, 0.1) is 6.61 Å². The van der Waals surface area contributed by atoms with E-state index in [1.165, 1.54) is 36.9 Å². The molecule has 0 radical (unpaired) electrons. The van der Waals surface area contributed by atoms with Crippen molar-refractivity contribution in [1.82, 2.24) is 9.88 Å². The molecule has 0 aliphatic carbocycles. The molecule has 1 aromatic heterocycles. The highest BCUT2D eigenvalue weighted by Gasteiger charge is 2.23. The molecule has 0 spiro atoms. The fourth-order valence-electron chi connectivity index (χ4n) is 3.54. The Morgan fingerprint density at radius 2 is 2.08 bits per heavy atom. The summed E-state index contributed by atoms with van der Waals surface area (Å²) in [7, 11) is 0. The predicted octanol–water partition coefficient (Wildman–Crippen LogP) is 4.64. The summed E-state index contributed by atoms with van der Waals surface area (Å²) >= 11 is 0. The molecule has 1 aromatic carbocycles. The Labute approximate surface area is 145 Å². The van der Waals surface area contributed by atoms with Crippen molar-refractivity contribution in [2.75, 3.05) is 19.7 Å². The van der Waals surface area contributed by atoms with Gasteiger partial charge >= 0.3 is 0 Å². The standard InChI is InChI=1S/C21H28N2O/c1-2-16-24-21-11-4-3-8-18(21)12-15-23-14-6-5-10-20(23)19-9-7-13-22-17-19/h3-4,7-9,11,13,17,20H,2,5-6,10,12,14-16H2,1H3/t20-/m0/s1. The summed E-state index contributed by atoms with van der Waals surface area (Å²) in [6.07, 6.45) is 9.82. The first-order chi connectivity index (χ1) is 11.9. The van der Waals surface area contributed by atoms with Gasteiger partial charge in [-0.15, -0.1) is 0 Å². The third kappa shape index (κ3) is 4.35. The Hall–Kier alpha value is -1.87. The van der Waals surface area contributed by atoms with Crippen LogP contribution in [0.3, 0.4) is 0 Å². The normalized spacial score (nSPS) is 18.5. The van der Waals surface area contributed by atoms with E-state index in [4.69, 9.17) is 4.74 Å². The average Bonchev–Trinajstić information content (AvgIpc) is 2.66. The van der Waals surface area contributed by atoms with Gasteiger partial charge in [0.25, 0.3) is 0 Å². The van der Waals surface area contributed by atoms with Gasteiger partial charge in [-0.2, -0.15) is 0 Å². The molecule has 3 nitrogen and oxygen atoms in total. The summed E-state index contributed by atoms with van der Waals surface area (Å²) in [5, 5.41) is 0. The molecular weight excluding hydrogens is 296 g/mol. The number of aromatic nitrogens is 1. The van der Waals surface area contributed by atoms with Crippen LogP contribution < -0.4 is 4.74 Å². The number of benzene rings is 1. The first kappa shape index (κ1) is 17.0. The summed E-state index contributed by atoms with van der Waals surface area (Å²) in [5.74, 6) is 1.05. The largest absolute Gasteiger partial charge is 0.493 e. The molecule has 3 rings (SSSR count). The van der Waals surface area contributed by atoms with Crippen LogP contribution >= 0.6 is 0 Å². The van der Waals surface area contributed by atoms with Crippen molar-refractivity contribution in [1.29, 1.82) is 0 Å². The van der Waals surface area contributed by atoms with E-state index in [-0.39, 0.29) is 0 Å². The topological polar surface area (TPSA) is 25.4 Å². The lowest BCUT2D eigenvalue weighted by atomic mass is 9.96. The second-order valence-electron chi connectivity index (χ2n) is 6.54. The maximum absolute atomic E-state index is 5.91. The van der Waals surface area contributed by atoms with Gasteiger partial charge in [-0.1, -0.05) is 37.6 Å². The van der Waals surface area contributed by atoms with E-state index in [2.05, 4.69) is 53.2 Å². The van der Waals surface area contributed by atoms with Crippen LogP contribution in [-0.4, -0.2) is 29.6 Å². The Morgan fingerprint density at radius 1 is 1.17 bits per heavy atom. The van der Waals surface area contributed by atoms with Crippen molar-refractivity contribution in [2.24, 2.45) is 0 Å². The van der Waals surface area contributed by atoms with Crippen LogP contribution in [0, 0.1) is 0 Å². The van der Waals surface area contributed by atoms with Crippen LogP contribution in [0.25, 0.3) is 0 Å². The van der Waals surface area contributed by atoms with Gasteiger partial charge in [0.2, 0.25) is 0 Å². The van der Waals surface area contributed by atoms with Gasteiger partial charge in [0.15, 0.2) is 0 Å². The van der Waals surface area contributed by atoms with E-state index in [9.17, 15) is 0 Å². The van der Waals surface area contributed by atoms with Crippen molar-refractivity contribution in [3.63, 3.8) is 0 Å². The number of ether oxygens (including phenoxy) is 1. The first-order valence-corrected chi connectivity index (χ1v) is 9.23. The summed E-state index contributed by atoms with van der Waals surface area (Å²) < 4.78 is 5.91. The molecule has 128 valence electrons. The van der Waals surface area contributed by atoms with Crippen molar-refractivity contribution < 1.29 is 4.74 Å². The first-order valence-electron chi connectivity index (χ1n) is 9.23. The summed E-state index contributed by atoms with van der Waals surface area (Å²) in [4.78, 5) is 6.94. The van der Waals surface area contributed by atoms with Crippen LogP contribution in [0.4, 0.5) is 0 Å². The molecule has 0 unspecified atom stereocenters. The Kier molecular flexibility index (Phi) is 6.25. The fraction of sp³-hybridized carbons (Fsp3) is 0.476. The van der Waals surface area contributed by atoms with Gasteiger partial charge in [-0.05, 0) is 55.5 Å². The monoisotopic (exact) mass is 324 g/mol. The number of pyridine rings is 1. The van der Waals surface area contributed by atoms with Crippen LogP contribution in [-0.2, 0) is 6.42 Å². The predicted molar refractivity (Wildman–Crippen MR) is 98.3 cm³/mol. The van der Waals surface area contributed by atoms with Crippen LogP contribution in [0.5, 0.6) is 5.75 Å². The summed E-state index contributed by atoms with van der Waals surface area (Å²) in [6, 6.07) is 13.3. The summed E-state index contributed by atoms with van der Waals surface area (Å²) in [6.45, 7) is 5.19. The van der Waals surface area contributed by atoms with Gasteiger partial charge in [-0.3, -0.25) is 9.88 Å². The van der Waals surface area contributed by atoms with Gasteiger partial charge in [0.1, 0.15) is 5.75 Å². The van der Waals surface area contributed by atoms with Crippen molar-refractivity contribution in [3.8, 4) is 5.75 Å². The molecule has 1 saturated heterocycles. The maximum atomic E-state index is 5.91. The molecule has 1 aliphatic heterocycles. The Morgan fingerprint density at radius 3 is 2.92 bits per heavy atom. The zero-order valence-electron chi connectivity index (χ0n) is 14.7. The highest BCUT2D eigenvalue weighted by atomic mass is 16.5. The van der Waals surface area contributed by atoms with Gasteiger partial charge < -0.3 is 4.74 Å². The number of rotatable bonds is 7. The van der Waals surface area contributed by atoms with Crippen molar-refractivity contribution in [2.45, 2.75) is 45.1 Å². The van der Waals surface area contributed by atoms with Gasteiger partial charge in [-0.25, -0.2) is 0 Å². The zero-order valence-corrected chi connectivity index (χ0v) is 14.7. The molecule has 2 heterocycles. The number of hydrogen-bond donors (Lipinski definition) is 0. The number of hydrogen-bond acceptors (Lipinski definition) is 3. The van der Waals surface area contributed by atoms with E-state index in [1.807, 2.05) is 12.4 Å². The number of nitrogens with zero attached hydrogens (tertiary/aromatic N) is 2. The van der Waals surface area contributed by atoms with Crippen LogP contribution in [0.15, 0.2) is 48.8 Å². The molecule has 24 heavy (non-hydrogen) atoms. The smallest absolute Gasteiger partial charge is 0.122 e. The second kappa shape index (κ2) is 8.84. The quantitative estimate of drug-likeness (QED) is 0.742. The fourth-order valence-corrected chi connectivity index (χ4v) is 3.54. The van der Waals surface area contributed by atoms with E-state index < -0.39 is 0 Å². The lowest BCUT2D eigenvalue weighted by molar-refractivity contribution is 0.150. The van der Waals surface area contributed by atoms with E-state index >= 15 is 0 Å². The molecule has 0 amide bonds. The SMILES string of the molecule is CCCOc1ccccc1CCN1CCCC[C@H]1c1cccnc1. The molecule has 0 saturated carbocycles. The molecule has 1 atom stereocenters. The Bertz CT molecular complexity index is 614. The zero-order chi connectivity index (χ0) is 16.6. The molecule has 1 fully saturated rings. The third-order valence-electron chi connectivity index (χ3n) is 4.79. The second-order valence-corrected chi connectivity index (χ2v) is 6.54. The summed E-state index contributed by atoms with van der Waals surface area (Å²) in [5.41, 5.74) is 2.68. The molecular formula is C21H28N2O. The van der Waals surface area contributed by atoms with Crippen molar-refractivity contribution in [3.05, 3.63) is 59.9 Å². The minimum absolute atomic E-state index is 0.510. The van der Waals surface area contributed by atoms with Gasteiger partial charge in [0, 0.05) is 25.0 Å². The number of piperidine rings is 1. The van der Waals surface area contributed by atoms with E-state index in [0.29, 0.717) is 6.04 Å². The highest BCUT2D eigenvalue weighted by molar-refractivity contribution is 5.33. The minimum atomic E-state index is 0.510. The lowest BCUT2D eigenvalue weighted by Crippen LogP contribution is -2.35. The average molecular weight is 324 g/mol. The minimum Gasteiger partial charge on any atom is -0.493 e. The van der Waals surface area contributed by atoms with E-state index in [0.717, 1.165) is 31.7 Å². The molecule has 1 aliphatic rings. The lowest BCUT2D eigenvalue weighted by Gasteiger charge is -2.36. The van der Waals surface area contributed by atoms with E-state index in [1.54, 1.807) is 0 Å². The molecule has 0 N–H and O–H groups in total.